The molecule has 0 bridgehead atoms. The normalized spacial score (nSPS) is 14.4. The summed E-state index contributed by atoms with van der Waals surface area (Å²) < 4.78 is 6.41. The van der Waals surface area contributed by atoms with Crippen LogP contribution in [0.5, 0.6) is 0 Å². The maximum absolute atomic E-state index is 6.41. The van der Waals surface area contributed by atoms with Crippen LogP contribution < -0.4 is 0 Å². The maximum atomic E-state index is 6.41. The molecule has 0 fully saturated rings. The van der Waals surface area contributed by atoms with Crippen molar-refractivity contribution < 1.29 is 4.42 Å². The van der Waals surface area contributed by atoms with E-state index in [2.05, 4.69) is 74.5 Å². The number of nitrogens with zero attached hydrogens (tertiary/aromatic N) is 1. The molecule has 0 saturated heterocycles. The van der Waals surface area contributed by atoms with Crippen LogP contribution in [0.3, 0.4) is 0 Å². The first-order valence-corrected chi connectivity index (χ1v) is 10.0. The van der Waals surface area contributed by atoms with Gasteiger partial charge in [0.25, 0.3) is 0 Å². The Morgan fingerprint density at radius 3 is 2.19 bits per heavy atom. The molecule has 0 radical (unpaired) electrons. The second kappa shape index (κ2) is 7.96. The van der Waals surface area contributed by atoms with Gasteiger partial charge in [-0.15, -0.1) is 0 Å². The minimum absolute atomic E-state index is 0.381. The molecule has 4 rings (SSSR count). The van der Waals surface area contributed by atoms with Crippen LogP contribution in [0.4, 0.5) is 0 Å². The molecule has 0 N–H and O–H groups in total. The fraction of sp³-hybridized carbons (Fsp3) is 0.320. The lowest BCUT2D eigenvalue weighted by Gasteiger charge is -2.13. The molecular weight excluding hydrogens is 330 g/mol. The van der Waals surface area contributed by atoms with E-state index in [1.54, 1.807) is 0 Å². The molecule has 0 unspecified atom stereocenters. The molecule has 1 aliphatic rings. The first kappa shape index (κ1) is 17.8. The molecule has 0 amide bonds. The highest BCUT2D eigenvalue weighted by Gasteiger charge is 2.23. The molecule has 27 heavy (non-hydrogen) atoms. The Morgan fingerprint density at radius 1 is 0.889 bits per heavy atom. The number of benzene rings is 2. The van der Waals surface area contributed by atoms with Gasteiger partial charge in [-0.05, 0) is 42.7 Å². The average molecular weight is 357 g/mol. The summed E-state index contributed by atoms with van der Waals surface area (Å²) in [6, 6.07) is 21.0. The van der Waals surface area contributed by atoms with E-state index in [-0.39, 0.29) is 0 Å². The predicted molar refractivity (Wildman–Crippen MR) is 112 cm³/mol. The molecule has 2 aromatic carbocycles. The van der Waals surface area contributed by atoms with Crippen molar-refractivity contribution in [2.75, 3.05) is 0 Å². The molecular formula is C25H27NO. The van der Waals surface area contributed by atoms with Crippen LogP contribution in [0.2, 0.25) is 0 Å². The molecule has 1 aromatic heterocycles. The van der Waals surface area contributed by atoms with Crippen LogP contribution in [-0.2, 0) is 19.4 Å². The van der Waals surface area contributed by atoms with Crippen LogP contribution in [0.15, 0.2) is 70.1 Å². The van der Waals surface area contributed by atoms with Crippen molar-refractivity contribution in [1.29, 1.82) is 0 Å². The van der Waals surface area contributed by atoms with Crippen LogP contribution in [0.25, 0.3) is 11.3 Å². The number of hydrogen-bond acceptors (Lipinski definition) is 2. The molecule has 1 aliphatic carbocycles. The molecule has 0 spiro atoms. The minimum atomic E-state index is 0.381. The number of aliphatic imine (C=N–C) groups is 1. The largest absolute Gasteiger partial charge is 0.459 e. The van der Waals surface area contributed by atoms with E-state index in [0.717, 1.165) is 30.1 Å². The van der Waals surface area contributed by atoms with E-state index in [1.165, 1.54) is 35.1 Å². The molecule has 2 nitrogen and oxygen atoms in total. The van der Waals surface area contributed by atoms with Crippen molar-refractivity contribution in [2.45, 2.75) is 46.1 Å². The van der Waals surface area contributed by atoms with E-state index in [9.17, 15) is 0 Å². The molecule has 0 saturated carbocycles. The Hall–Kier alpha value is -2.61. The smallest absolute Gasteiger partial charge is 0.137 e. The fourth-order valence-corrected chi connectivity index (χ4v) is 4.03. The van der Waals surface area contributed by atoms with Gasteiger partial charge < -0.3 is 4.42 Å². The summed E-state index contributed by atoms with van der Waals surface area (Å²) in [5.74, 6) is 2.49. The third-order valence-electron chi connectivity index (χ3n) is 5.35. The number of fused-ring (bicyclic) bond motifs is 1. The number of rotatable bonds is 5. The van der Waals surface area contributed by atoms with Crippen LogP contribution in [-0.4, -0.2) is 5.71 Å². The van der Waals surface area contributed by atoms with Gasteiger partial charge >= 0.3 is 0 Å². The van der Waals surface area contributed by atoms with Gasteiger partial charge in [-0.25, -0.2) is 0 Å². The number of hydrogen-bond donors (Lipinski definition) is 0. The van der Waals surface area contributed by atoms with E-state index in [4.69, 9.17) is 9.41 Å². The predicted octanol–water partition coefficient (Wildman–Crippen LogP) is 6.47. The lowest BCUT2D eigenvalue weighted by molar-refractivity contribution is 0.519. The van der Waals surface area contributed by atoms with Gasteiger partial charge in [-0.1, -0.05) is 74.5 Å². The standard InChI is InChI=1S/C25H27NO/c1-18(2)24(19-11-5-3-6-12-19)26-17-23-21-15-9-10-16-22(21)25(27-23)20-13-7-4-8-14-20/h3-8,11-14,18H,9-10,15-17H2,1-2H3. The van der Waals surface area contributed by atoms with Crippen LogP contribution in [0, 0.1) is 5.92 Å². The number of furan rings is 1. The zero-order valence-corrected chi connectivity index (χ0v) is 16.2. The van der Waals surface area contributed by atoms with Gasteiger partial charge in [0.1, 0.15) is 11.5 Å². The quantitative estimate of drug-likeness (QED) is 0.480. The first-order chi connectivity index (χ1) is 13.2. The maximum Gasteiger partial charge on any atom is 0.137 e. The van der Waals surface area contributed by atoms with E-state index < -0.39 is 0 Å². The highest BCUT2D eigenvalue weighted by atomic mass is 16.3. The fourth-order valence-electron chi connectivity index (χ4n) is 4.03. The summed E-state index contributed by atoms with van der Waals surface area (Å²) in [5.41, 5.74) is 6.34. The van der Waals surface area contributed by atoms with Crippen molar-refractivity contribution in [1.82, 2.24) is 0 Å². The van der Waals surface area contributed by atoms with Gasteiger partial charge in [0, 0.05) is 16.8 Å². The first-order valence-electron chi connectivity index (χ1n) is 10.0. The van der Waals surface area contributed by atoms with Crippen molar-refractivity contribution in [2.24, 2.45) is 10.9 Å². The van der Waals surface area contributed by atoms with Gasteiger partial charge in [-0.2, -0.15) is 0 Å². The van der Waals surface area contributed by atoms with Crippen molar-refractivity contribution in [3.05, 3.63) is 83.1 Å². The molecule has 0 aliphatic heterocycles. The Balaban J connectivity index is 1.71. The second-order valence-corrected chi connectivity index (χ2v) is 7.61. The summed E-state index contributed by atoms with van der Waals surface area (Å²) in [6.45, 7) is 5.04. The molecule has 2 heteroatoms. The van der Waals surface area contributed by atoms with Crippen LogP contribution in [0.1, 0.15) is 49.1 Å². The van der Waals surface area contributed by atoms with E-state index in [1.807, 2.05) is 0 Å². The van der Waals surface area contributed by atoms with E-state index in [0.29, 0.717) is 12.5 Å². The highest BCUT2D eigenvalue weighted by molar-refractivity contribution is 6.01. The van der Waals surface area contributed by atoms with Gasteiger partial charge in [-0.3, -0.25) is 4.99 Å². The molecule has 3 aromatic rings. The Bertz CT molecular complexity index is 920. The van der Waals surface area contributed by atoms with Gasteiger partial charge in [0.05, 0.1) is 6.54 Å². The Morgan fingerprint density at radius 2 is 1.52 bits per heavy atom. The topological polar surface area (TPSA) is 25.5 Å². The van der Waals surface area contributed by atoms with Crippen molar-refractivity contribution >= 4 is 5.71 Å². The highest BCUT2D eigenvalue weighted by Crippen LogP contribution is 2.36. The SMILES string of the molecule is CC(C)C(=NCc1oc(-c2ccccc2)c2c1CCCC2)c1ccccc1. The summed E-state index contributed by atoms with van der Waals surface area (Å²) in [7, 11) is 0. The second-order valence-electron chi connectivity index (χ2n) is 7.61. The zero-order chi connectivity index (χ0) is 18.6. The lowest BCUT2D eigenvalue weighted by Crippen LogP contribution is -2.10. The Labute approximate surface area is 162 Å². The zero-order valence-electron chi connectivity index (χ0n) is 16.2. The summed E-state index contributed by atoms with van der Waals surface area (Å²) in [5, 5.41) is 0. The van der Waals surface area contributed by atoms with Crippen LogP contribution >= 0.6 is 0 Å². The van der Waals surface area contributed by atoms with E-state index >= 15 is 0 Å². The van der Waals surface area contributed by atoms with Gasteiger partial charge in [0.2, 0.25) is 0 Å². The summed E-state index contributed by atoms with van der Waals surface area (Å²) in [4.78, 5) is 5.00. The monoisotopic (exact) mass is 357 g/mol. The third-order valence-corrected chi connectivity index (χ3v) is 5.35. The minimum Gasteiger partial charge on any atom is -0.459 e. The summed E-state index contributed by atoms with van der Waals surface area (Å²) in [6.07, 6.45) is 4.71. The lowest BCUT2D eigenvalue weighted by atomic mass is 9.90. The van der Waals surface area contributed by atoms with Crippen molar-refractivity contribution in [3.8, 4) is 11.3 Å². The van der Waals surface area contributed by atoms with Gasteiger partial charge in [0.15, 0.2) is 0 Å². The third kappa shape index (κ3) is 3.75. The summed E-state index contributed by atoms with van der Waals surface area (Å²) >= 11 is 0. The molecule has 1 heterocycles. The molecule has 0 atom stereocenters. The molecule has 138 valence electrons. The Kier molecular flexibility index (Phi) is 5.24. The average Bonchev–Trinajstić information content (AvgIpc) is 3.08. The van der Waals surface area contributed by atoms with Crippen molar-refractivity contribution in [3.63, 3.8) is 0 Å².